The molecule has 0 aliphatic carbocycles. The summed E-state index contributed by atoms with van der Waals surface area (Å²) in [7, 11) is 2.37. The molecule has 7 nitrogen and oxygen atoms in total. The van der Waals surface area contributed by atoms with Crippen molar-refractivity contribution in [3.8, 4) is 0 Å². The molecule has 1 aromatic rings. The van der Waals surface area contributed by atoms with E-state index in [9.17, 15) is 14.4 Å². The molecule has 0 aliphatic rings. The minimum atomic E-state index is -0.769. The van der Waals surface area contributed by atoms with Crippen molar-refractivity contribution in [1.29, 1.82) is 0 Å². The Morgan fingerprint density at radius 1 is 1.12 bits per heavy atom. The summed E-state index contributed by atoms with van der Waals surface area (Å²) in [5.41, 5.74) is 0.408. The first-order valence-corrected chi connectivity index (χ1v) is 7.44. The Morgan fingerprint density at radius 3 is 2.46 bits per heavy atom. The molecule has 1 aromatic carbocycles. The van der Waals surface area contributed by atoms with E-state index in [1.54, 1.807) is 24.3 Å². The zero-order chi connectivity index (χ0) is 17.9. The summed E-state index contributed by atoms with van der Waals surface area (Å²) in [6.45, 7) is 2.30. The number of benzene rings is 1. The number of rotatable bonds is 8. The third kappa shape index (κ3) is 5.75. The van der Waals surface area contributed by atoms with E-state index in [1.165, 1.54) is 14.2 Å². The van der Waals surface area contributed by atoms with Gasteiger partial charge in [-0.2, -0.15) is 0 Å². The smallest absolute Gasteiger partial charge is 0.354 e. The number of ether oxygens (including phenoxy) is 3. The van der Waals surface area contributed by atoms with Crippen molar-refractivity contribution in [3.05, 3.63) is 41.6 Å². The van der Waals surface area contributed by atoms with Crippen LogP contribution in [0.25, 0.3) is 0 Å². The van der Waals surface area contributed by atoms with Crippen LogP contribution >= 0.6 is 0 Å². The Labute approximate surface area is 140 Å². The minimum Gasteiger partial charge on any atom is -0.466 e. The molecule has 0 spiro atoms. The maximum Gasteiger partial charge on any atom is 0.354 e. The van der Waals surface area contributed by atoms with E-state index in [2.05, 4.69) is 14.8 Å². The molecule has 1 rings (SSSR count). The molecule has 0 saturated carbocycles. The number of esters is 3. The van der Waals surface area contributed by atoms with Crippen LogP contribution in [0.3, 0.4) is 0 Å². The number of unbranched alkanes of at least 4 members (excludes halogenated alkanes) is 1. The summed E-state index contributed by atoms with van der Waals surface area (Å²) < 4.78 is 14.3. The highest BCUT2D eigenvalue weighted by Crippen LogP contribution is 2.19. The van der Waals surface area contributed by atoms with Crippen LogP contribution in [0, 0.1) is 0 Å². The first-order chi connectivity index (χ1) is 11.5. The molecule has 0 fully saturated rings. The summed E-state index contributed by atoms with van der Waals surface area (Å²) in [4.78, 5) is 35.3. The molecule has 0 bridgehead atoms. The van der Waals surface area contributed by atoms with Gasteiger partial charge in [0.15, 0.2) is 0 Å². The van der Waals surface area contributed by atoms with Crippen molar-refractivity contribution < 1.29 is 28.6 Å². The summed E-state index contributed by atoms with van der Waals surface area (Å²) in [6, 6.07) is 6.50. The molecular weight excluding hydrogens is 314 g/mol. The molecule has 0 aliphatic heterocycles. The number of methoxy groups -OCH3 is 2. The summed E-state index contributed by atoms with van der Waals surface area (Å²) >= 11 is 0. The third-order valence-electron chi connectivity index (χ3n) is 3.02. The standard InChI is InChI=1S/C17H21NO6/c1-4-5-10-24-16(20)12-8-6-7-9-13(12)18-14(17(21)23-3)11-15(19)22-2/h6-9,11,18H,4-5,10H2,1-3H3/b14-11+. The Bertz CT molecular complexity index is 623. The van der Waals surface area contributed by atoms with Crippen molar-refractivity contribution in [1.82, 2.24) is 0 Å². The molecule has 1 N–H and O–H groups in total. The monoisotopic (exact) mass is 335 g/mol. The largest absolute Gasteiger partial charge is 0.466 e. The van der Waals surface area contributed by atoms with Gasteiger partial charge in [-0.15, -0.1) is 0 Å². The van der Waals surface area contributed by atoms with Crippen molar-refractivity contribution in [2.24, 2.45) is 0 Å². The number of hydrogen-bond donors (Lipinski definition) is 1. The van der Waals surface area contributed by atoms with Crippen molar-refractivity contribution in [2.75, 3.05) is 26.1 Å². The zero-order valence-corrected chi connectivity index (χ0v) is 14.0. The fourth-order valence-electron chi connectivity index (χ4n) is 1.73. The second kappa shape index (κ2) is 10.0. The van der Waals surface area contributed by atoms with Crippen LogP contribution in [0.15, 0.2) is 36.0 Å². The van der Waals surface area contributed by atoms with Crippen LogP contribution in [0.4, 0.5) is 5.69 Å². The molecule has 0 saturated heterocycles. The second-order valence-corrected chi connectivity index (χ2v) is 4.73. The average molecular weight is 335 g/mol. The van der Waals surface area contributed by atoms with Gasteiger partial charge in [-0.3, -0.25) is 0 Å². The Kier molecular flexibility index (Phi) is 8.04. The molecule has 0 amide bonds. The van der Waals surface area contributed by atoms with Crippen LogP contribution in [0.1, 0.15) is 30.1 Å². The van der Waals surface area contributed by atoms with Crippen LogP contribution in [0.2, 0.25) is 0 Å². The molecular formula is C17H21NO6. The maximum absolute atomic E-state index is 12.2. The highest BCUT2D eigenvalue weighted by molar-refractivity contribution is 6.01. The lowest BCUT2D eigenvalue weighted by Crippen LogP contribution is -2.17. The van der Waals surface area contributed by atoms with Gasteiger partial charge < -0.3 is 19.5 Å². The van der Waals surface area contributed by atoms with E-state index >= 15 is 0 Å². The highest BCUT2D eigenvalue weighted by Gasteiger charge is 2.17. The van der Waals surface area contributed by atoms with E-state index in [1.807, 2.05) is 6.92 Å². The third-order valence-corrected chi connectivity index (χ3v) is 3.02. The average Bonchev–Trinajstić information content (AvgIpc) is 2.60. The molecule has 0 radical (unpaired) electrons. The van der Waals surface area contributed by atoms with Crippen molar-refractivity contribution in [2.45, 2.75) is 19.8 Å². The van der Waals surface area contributed by atoms with Crippen LogP contribution in [0.5, 0.6) is 0 Å². The van der Waals surface area contributed by atoms with E-state index in [4.69, 9.17) is 4.74 Å². The van der Waals surface area contributed by atoms with Crippen LogP contribution in [-0.4, -0.2) is 38.7 Å². The van der Waals surface area contributed by atoms with Gasteiger partial charge in [-0.25, -0.2) is 14.4 Å². The minimum absolute atomic E-state index is 0.154. The molecule has 24 heavy (non-hydrogen) atoms. The van der Waals surface area contributed by atoms with Crippen molar-refractivity contribution >= 4 is 23.6 Å². The van der Waals surface area contributed by atoms with Gasteiger partial charge in [0.25, 0.3) is 0 Å². The lowest BCUT2D eigenvalue weighted by atomic mass is 10.1. The van der Waals surface area contributed by atoms with Gasteiger partial charge in [0.2, 0.25) is 0 Å². The molecule has 130 valence electrons. The molecule has 0 unspecified atom stereocenters. The topological polar surface area (TPSA) is 90.9 Å². The van der Waals surface area contributed by atoms with E-state index < -0.39 is 17.9 Å². The normalized spacial score (nSPS) is 10.7. The number of anilines is 1. The lowest BCUT2D eigenvalue weighted by molar-refractivity contribution is -0.138. The molecule has 0 heterocycles. The first kappa shape index (κ1) is 19.2. The van der Waals surface area contributed by atoms with Gasteiger partial charge in [0.1, 0.15) is 5.70 Å². The molecule has 0 atom stereocenters. The van der Waals surface area contributed by atoms with Crippen LogP contribution in [-0.2, 0) is 23.8 Å². The fraction of sp³-hybridized carbons (Fsp3) is 0.353. The number of para-hydroxylation sites is 1. The van der Waals surface area contributed by atoms with Gasteiger partial charge in [0, 0.05) is 0 Å². The Hall–Kier alpha value is -2.83. The number of carbonyl (C=O) groups excluding carboxylic acids is 3. The van der Waals surface area contributed by atoms with Crippen LogP contribution < -0.4 is 5.32 Å². The van der Waals surface area contributed by atoms with E-state index in [-0.39, 0.29) is 11.3 Å². The zero-order valence-electron chi connectivity index (χ0n) is 14.0. The van der Waals surface area contributed by atoms with Gasteiger partial charge >= 0.3 is 17.9 Å². The predicted octanol–water partition coefficient (Wildman–Crippen LogP) is 2.29. The number of hydrogen-bond acceptors (Lipinski definition) is 7. The van der Waals surface area contributed by atoms with Gasteiger partial charge in [-0.1, -0.05) is 25.5 Å². The Morgan fingerprint density at radius 2 is 1.83 bits per heavy atom. The number of nitrogens with one attached hydrogen (secondary N) is 1. The quantitative estimate of drug-likeness (QED) is 0.337. The van der Waals surface area contributed by atoms with E-state index in [0.29, 0.717) is 12.3 Å². The summed E-state index contributed by atoms with van der Waals surface area (Å²) in [5, 5.41) is 2.72. The molecule has 0 aromatic heterocycles. The lowest BCUT2D eigenvalue weighted by Gasteiger charge is -2.13. The van der Waals surface area contributed by atoms with Crippen molar-refractivity contribution in [3.63, 3.8) is 0 Å². The first-order valence-electron chi connectivity index (χ1n) is 7.44. The number of carbonyl (C=O) groups is 3. The predicted molar refractivity (Wildman–Crippen MR) is 87.4 cm³/mol. The SMILES string of the molecule is CCCCOC(=O)c1ccccc1N/C(=C/C(=O)OC)C(=O)OC. The summed E-state index contributed by atoms with van der Waals surface area (Å²) in [6.07, 6.45) is 2.61. The highest BCUT2D eigenvalue weighted by atomic mass is 16.5. The maximum atomic E-state index is 12.2. The van der Waals surface area contributed by atoms with E-state index in [0.717, 1.165) is 18.9 Å². The molecule has 7 heteroatoms. The van der Waals surface area contributed by atoms with Gasteiger partial charge in [0.05, 0.1) is 38.2 Å². The summed E-state index contributed by atoms with van der Waals surface area (Å²) in [5.74, 6) is -2.02. The Balaban J connectivity index is 3.03. The fourth-order valence-corrected chi connectivity index (χ4v) is 1.73. The second-order valence-electron chi connectivity index (χ2n) is 4.73. The van der Waals surface area contributed by atoms with Gasteiger partial charge in [-0.05, 0) is 18.6 Å².